The first-order valence-electron chi connectivity index (χ1n) is 12.2. The summed E-state index contributed by atoms with van der Waals surface area (Å²) in [6.45, 7) is 0.421. The van der Waals surface area contributed by atoms with Crippen LogP contribution in [0.3, 0.4) is 0 Å². The summed E-state index contributed by atoms with van der Waals surface area (Å²) in [4.78, 5) is 26.4. The average molecular weight is 505 g/mol. The molecule has 0 amide bonds. The molecule has 0 heterocycles. The monoisotopic (exact) mass is 504 g/mol. The van der Waals surface area contributed by atoms with E-state index in [-0.39, 0.29) is 18.0 Å². The number of esters is 2. The van der Waals surface area contributed by atoms with Crippen molar-refractivity contribution >= 4 is 11.9 Å². The van der Waals surface area contributed by atoms with E-state index in [1.165, 1.54) is 14.2 Å². The standard InChI is InChI=1S/C30H36N2O5/c1-31-26(29(33)35-4)19-25-18-24(14-15-28(25)37-20-21-10-7-6-8-11-21)23-13-9-12-22(16-23)17-27(32(2)3)30(34)36-5/h6-16,18,26-27,31H,17,19-20H2,1-5H3/t26-,27-/m0/s1. The molecule has 7 heteroatoms. The van der Waals surface area contributed by atoms with Gasteiger partial charge >= 0.3 is 11.9 Å². The molecule has 7 nitrogen and oxygen atoms in total. The highest BCUT2D eigenvalue weighted by Crippen LogP contribution is 2.29. The summed E-state index contributed by atoms with van der Waals surface area (Å²) in [5.74, 6) is 0.117. The van der Waals surface area contributed by atoms with Crippen molar-refractivity contribution in [1.29, 1.82) is 0 Å². The number of hydrogen-bond donors (Lipinski definition) is 1. The zero-order valence-corrected chi connectivity index (χ0v) is 22.2. The molecule has 0 bridgehead atoms. The molecular weight excluding hydrogens is 468 g/mol. The van der Waals surface area contributed by atoms with Gasteiger partial charge in [-0.2, -0.15) is 0 Å². The largest absolute Gasteiger partial charge is 0.489 e. The minimum Gasteiger partial charge on any atom is -0.489 e. The Bertz CT molecular complexity index is 1180. The molecule has 3 aromatic rings. The maximum atomic E-state index is 12.3. The normalized spacial score (nSPS) is 12.6. The molecule has 0 radical (unpaired) electrons. The fraction of sp³-hybridized carbons (Fsp3) is 0.333. The SMILES string of the molecule is CN[C@@H](Cc1cc(-c2cccc(C[C@@H](C(=O)OC)N(C)C)c2)ccc1OCc1ccccc1)C(=O)OC. The van der Waals surface area contributed by atoms with Gasteiger partial charge in [0.25, 0.3) is 0 Å². The molecule has 0 aromatic heterocycles. The molecular formula is C30H36N2O5. The lowest BCUT2D eigenvalue weighted by Crippen LogP contribution is -2.38. The number of hydrogen-bond acceptors (Lipinski definition) is 7. The van der Waals surface area contributed by atoms with Crippen molar-refractivity contribution in [3.05, 3.63) is 89.5 Å². The van der Waals surface area contributed by atoms with Gasteiger partial charge in [0.1, 0.15) is 24.4 Å². The topological polar surface area (TPSA) is 77.1 Å². The van der Waals surface area contributed by atoms with E-state index in [0.717, 1.165) is 27.8 Å². The first kappa shape index (κ1) is 27.9. The van der Waals surface area contributed by atoms with Crippen LogP contribution in [0.4, 0.5) is 0 Å². The number of likely N-dealkylation sites (N-methyl/N-ethyl adjacent to an activating group) is 2. The molecule has 1 N–H and O–H groups in total. The first-order valence-corrected chi connectivity index (χ1v) is 12.2. The van der Waals surface area contributed by atoms with Crippen LogP contribution in [0.25, 0.3) is 11.1 Å². The minimum absolute atomic E-state index is 0.265. The van der Waals surface area contributed by atoms with Crippen molar-refractivity contribution in [3.8, 4) is 16.9 Å². The summed E-state index contributed by atoms with van der Waals surface area (Å²) in [6, 6.07) is 23.2. The number of ether oxygens (including phenoxy) is 3. The molecule has 3 aromatic carbocycles. The predicted molar refractivity (Wildman–Crippen MR) is 144 cm³/mol. The molecule has 0 saturated carbocycles. The van der Waals surface area contributed by atoms with E-state index in [9.17, 15) is 9.59 Å². The summed E-state index contributed by atoms with van der Waals surface area (Å²) in [6.07, 6.45) is 0.939. The fourth-order valence-corrected chi connectivity index (χ4v) is 4.17. The lowest BCUT2D eigenvalue weighted by molar-refractivity contribution is -0.146. The third-order valence-electron chi connectivity index (χ3n) is 6.34. The van der Waals surface area contributed by atoms with Crippen LogP contribution in [-0.4, -0.2) is 64.3 Å². The van der Waals surface area contributed by atoms with Gasteiger partial charge in [-0.05, 0) is 67.5 Å². The van der Waals surface area contributed by atoms with E-state index in [4.69, 9.17) is 14.2 Å². The van der Waals surface area contributed by atoms with Crippen molar-refractivity contribution in [1.82, 2.24) is 10.2 Å². The van der Waals surface area contributed by atoms with Crippen LogP contribution in [0, 0.1) is 0 Å². The number of methoxy groups -OCH3 is 2. The summed E-state index contributed by atoms with van der Waals surface area (Å²) in [5.41, 5.74) is 4.97. The van der Waals surface area contributed by atoms with Gasteiger partial charge < -0.3 is 19.5 Å². The fourth-order valence-electron chi connectivity index (χ4n) is 4.17. The summed E-state index contributed by atoms with van der Waals surface area (Å²) in [5, 5.41) is 3.04. The zero-order valence-electron chi connectivity index (χ0n) is 22.2. The minimum atomic E-state index is -0.508. The van der Waals surface area contributed by atoms with E-state index < -0.39 is 6.04 Å². The molecule has 37 heavy (non-hydrogen) atoms. The maximum Gasteiger partial charge on any atom is 0.323 e. The second-order valence-corrected chi connectivity index (χ2v) is 9.07. The van der Waals surface area contributed by atoms with Gasteiger partial charge in [-0.25, -0.2) is 0 Å². The van der Waals surface area contributed by atoms with Crippen LogP contribution >= 0.6 is 0 Å². The highest BCUT2D eigenvalue weighted by molar-refractivity contribution is 5.77. The van der Waals surface area contributed by atoms with E-state index in [0.29, 0.717) is 25.2 Å². The van der Waals surface area contributed by atoms with Crippen LogP contribution < -0.4 is 10.1 Å². The molecule has 0 aliphatic carbocycles. The number of benzene rings is 3. The van der Waals surface area contributed by atoms with Crippen LogP contribution in [0.1, 0.15) is 16.7 Å². The van der Waals surface area contributed by atoms with Crippen molar-refractivity contribution in [3.63, 3.8) is 0 Å². The molecule has 0 unspecified atom stereocenters. The second kappa shape index (κ2) is 13.6. The second-order valence-electron chi connectivity index (χ2n) is 9.07. The number of rotatable bonds is 12. The van der Waals surface area contributed by atoms with Crippen LogP contribution in [0.5, 0.6) is 5.75 Å². The molecule has 2 atom stereocenters. The van der Waals surface area contributed by atoms with Gasteiger partial charge in [0.2, 0.25) is 0 Å². The summed E-state index contributed by atoms with van der Waals surface area (Å²) >= 11 is 0. The Hall–Kier alpha value is -3.68. The van der Waals surface area contributed by atoms with Gasteiger partial charge in [0, 0.05) is 6.42 Å². The van der Waals surface area contributed by atoms with Crippen LogP contribution in [0.15, 0.2) is 72.8 Å². The van der Waals surface area contributed by atoms with Crippen molar-refractivity contribution in [2.24, 2.45) is 0 Å². The van der Waals surface area contributed by atoms with E-state index in [1.807, 2.05) is 79.7 Å². The van der Waals surface area contributed by atoms with Crippen molar-refractivity contribution in [2.45, 2.75) is 31.5 Å². The summed E-state index contributed by atoms with van der Waals surface area (Å²) in [7, 11) is 8.26. The molecule has 0 aliphatic rings. The highest BCUT2D eigenvalue weighted by Gasteiger charge is 2.23. The Kier molecular flexibility index (Phi) is 10.2. The number of nitrogens with zero attached hydrogens (tertiary/aromatic N) is 1. The van der Waals surface area contributed by atoms with E-state index in [1.54, 1.807) is 7.05 Å². The number of nitrogens with one attached hydrogen (secondary N) is 1. The number of carbonyl (C=O) groups excluding carboxylic acids is 2. The molecule has 196 valence electrons. The third-order valence-corrected chi connectivity index (χ3v) is 6.34. The maximum absolute atomic E-state index is 12.3. The molecule has 3 rings (SSSR count). The smallest absolute Gasteiger partial charge is 0.323 e. The summed E-state index contributed by atoms with van der Waals surface area (Å²) < 4.78 is 16.1. The quantitative estimate of drug-likeness (QED) is 0.375. The van der Waals surface area contributed by atoms with Gasteiger partial charge in [0.05, 0.1) is 14.2 Å². The van der Waals surface area contributed by atoms with Crippen LogP contribution in [-0.2, 0) is 38.5 Å². The third kappa shape index (κ3) is 7.65. The Morgan fingerprint density at radius 2 is 1.49 bits per heavy atom. The lowest BCUT2D eigenvalue weighted by atomic mass is 9.96. The Balaban J connectivity index is 1.92. The average Bonchev–Trinajstić information content (AvgIpc) is 2.93. The predicted octanol–water partition coefficient (Wildman–Crippen LogP) is 3.88. The Labute approximate surface area is 219 Å². The molecule has 0 aliphatic heterocycles. The molecule has 0 saturated heterocycles. The van der Waals surface area contributed by atoms with Crippen molar-refractivity contribution in [2.75, 3.05) is 35.4 Å². The van der Waals surface area contributed by atoms with Gasteiger partial charge in [-0.1, -0.05) is 60.7 Å². The Morgan fingerprint density at radius 3 is 2.14 bits per heavy atom. The molecule has 0 fully saturated rings. The van der Waals surface area contributed by atoms with Gasteiger partial charge in [-0.15, -0.1) is 0 Å². The van der Waals surface area contributed by atoms with E-state index >= 15 is 0 Å². The zero-order chi connectivity index (χ0) is 26.8. The number of carbonyl (C=O) groups is 2. The van der Waals surface area contributed by atoms with Crippen molar-refractivity contribution < 1.29 is 23.8 Å². The van der Waals surface area contributed by atoms with E-state index in [2.05, 4.69) is 17.4 Å². The van der Waals surface area contributed by atoms with Gasteiger partial charge in [0.15, 0.2) is 0 Å². The van der Waals surface area contributed by atoms with Gasteiger partial charge in [-0.3, -0.25) is 14.5 Å². The highest BCUT2D eigenvalue weighted by atomic mass is 16.5. The Morgan fingerprint density at radius 1 is 0.811 bits per heavy atom. The first-order chi connectivity index (χ1) is 17.9. The van der Waals surface area contributed by atoms with Crippen LogP contribution in [0.2, 0.25) is 0 Å². The lowest BCUT2D eigenvalue weighted by Gasteiger charge is -2.22. The molecule has 0 spiro atoms.